The van der Waals surface area contributed by atoms with E-state index in [4.69, 9.17) is 25.8 Å². The first-order valence-corrected chi connectivity index (χ1v) is 9.23. The Labute approximate surface area is 163 Å². The number of amides is 2. The Morgan fingerprint density at radius 1 is 1.22 bits per heavy atom. The number of benzene rings is 1. The van der Waals surface area contributed by atoms with E-state index >= 15 is 0 Å². The molecule has 1 atom stereocenters. The Morgan fingerprint density at radius 2 is 1.93 bits per heavy atom. The fourth-order valence-corrected chi connectivity index (χ4v) is 3.78. The molecule has 7 nitrogen and oxygen atoms in total. The maximum Gasteiger partial charge on any atom is 0.337 e. The minimum atomic E-state index is -0.710. The van der Waals surface area contributed by atoms with Crippen LogP contribution in [-0.4, -0.2) is 32.3 Å². The first kappa shape index (κ1) is 19.4. The lowest BCUT2D eigenvalue weighted by Crippen LogP contribution is -2.45. The van der Waals surface area contributed by atoms with Crippen LogP contribution in [0.25, 0.3) is 0 Å². The Hall–Kier alpha value is -2.41. The molecule has 27 heavy (non-hydrogen) atoms. The highest BCUT2D eigenvalue weighted by Gasteiger charge is 2.33. The molecule has 1 aromatic carbocycles. The quantitative estimate of drug-likeness (QED) is 0.747. The zero-order chi connectivity index (χ0) is 19.6. The molecule has 2 aliphatic rings. The fraction of sp³-hybridized carbons (Fsp3) is 0.474. The summed E-state index contributed by atoms with van der Waals surface area (Å²) in [6, 6.07) is 2.29. The lowest BCUT2D eigenvalue weighted by molar-refractivity contribution is -0.136. The monoisotopic (exact) mass is 394 g/mol. The van der Waals surface area contributed by atoms with E-state index in [1.165, 1.54) is 14.2 Å². The van der Waals surface area contributed by atoms with Gasteiger partial charge in [-0.15, -0.1) is 0 Å². The molecular formula is C19H23ClN2O5. The highest BCUT2D eigenvalue weighted by atomic mass is 35.5. The maximum atomic E-state index is 12.2. The molecule has 1 unspecified atom stereocenters. The van der Waals surface area contributed by atoms with Crippen molar-refractivity contribution in [1.82, 2.24) is 10.6 Å². The van der Waals surface area contributed by atoms with Gasteiger partial charge in [0.05, 0.1) is 37.0 Å². The predicted molar refractivity (Wildman–Crippen MR) is 100 cm³/mol. The largest absolute Gasteiger partial charge is 0.493 e. The summed E-state index contributed by atoms with van der Waals surface area (Å²) in [6.45, 7) is 1.65. The number of hydrogen-bond donors (Lipinski definition) is 2. The molecule has 0 saturated heterocycles. The van der Waals surface area contributed by atoms with Crippen molar-refractivity contribution in [2.75, 3.05) is 14.2 Å². The van der Waals surface area contributed by atoms with Crippen LogP contribution in [0.4, 0.5) is 4.79 Å². The molecule has 146 valence electrons. The zero-order valence-corrected chi connectivity index (χ0v) is 16.3. The lowest BCUT2D eigenvalue weighted by Gasteiger charge is -2.28. The van der Waals surface area contributed by atoms with Gasteiger partial charge in [-0.05, 0) is 50.3 Å². The highest BCUT2D eigenvalue weighted by Crippen LogP contribution is 2.41. The maximum absolute atomic E-state index is 12.2. The third-order valence-electron chi connectivity index (χ3n) is 4.85. The minimum Gasteiger partial charge on any atom is -0.493 e. The molecule has 2 N–H and O–H groups in total. The summed E-state index contributed by atoms with van der Waals surface area (Å²) in [5, 5.41) is 5.69. The summed E-state index contributed by atoms with van der Waals surface area (Å²) < 4.78 is 16.4. The van der Waals surface area contributed by atoms with Gasteiger partial charge in [0.1, 0.15) is 0 Å². The van der Waals surface area contributed by atoms with Crippen molar-refractivity contribution in [3.63, 3.8) is 0 Å². The second kappa shape index (κ2) is 8.08. The number of rotatable bonds is 5. The molecule has 1 aromatic rings. The van der Waals surface area contributed by atoms with E-state index in [1.54, 1.807) is 19.1 Å². The highest BCUT2D eigenvalue weighted by molar-refractivity contribution is 6.32. The summed E-state index contributed by atoms with van der Waals surface area (Å²) in [6.07, 6.45) is 4.36. The third-order valence-corrected chi connectivity index (χ3v) is 5.13. The van der Waals surface area contributed by atoms with Gasteiger partial charge < -0.3 is 24.8 Å². The second-order valence-electron chi connectivity index (χ2n) is 6.62. The lowest BCUT2D eigenvalue weighted by atomic mass is 9.95. The van der Waals surface area contributed by atoms with Crippen LogP contribution in [0.1, 0.15) is 44.2 Å². The van der Waals surface area contributed by atoms with Crippen molar-refractivity contribution in [2.45, 2.75) is 44.8 Å². The Bertz CT molecular complexity index is 787. The van der Waals surface area contributed by atoms with Gasteiger partial charge in [0.2, 0.25) is 0 Å². The van der Waals surface area contributed by atoms with E-state index in [0.717, 1.165) is 25.7 Å². The van der Waals surface area contributed by atoms with E-state index in [1.807, 2.05) is 0 Å². The zero-order valence-electron chi connectivity index (χ0n) is 15.6. The van der Waals surface area contributed by atoms with Gasteiger partial charge in [-0.2, -0.15) is 0 Å². The molecule has 0 aromatic heterocycles. The number of methoxy groups -OCH3 is 2. The van der Waals surface area contributed by atoms with Crippen LogP contribution in [-0.2, 0) is 9.53 Å². The fourth-order valence-electron chi connectivity index (χ4n) is 3.52. The minimum absolute atomic E-state index is 0.119. The topological polar surface area (TPSA) is 85.9 Å². The first-order valence-electron chi connectivity index (χ1n) is 8.85. The van der Waals surface area contributed by atoms with Crippen LogP contribution in [0.5, 0.6) is 11.5 Å². The molecule has 0 radical (unpaired) electrons. The second-order valence-corrected chi connectivity index (χ2v) is 7.03. The Balaban J connectivity index is 2.00. The van der Waals surface area contributed by atoms with Crippen LogP contribution in [0.15, 0.2) is 23.4 Å². The number of carbonyl (C=O) groups is 2. The van der Waals surface area contributed by atoms with Gasteiger partial charge in [0.15, 0.2) is 11.5 Å². The van der Waals surface area contributed by atoms with Crippen molar-refractivity contribution in [3.8, 4) is 11.5 Å². The predicted octanol–water partition coefficient (Wildman–Crippen LogP) is 3.47. The molecule has 1 fully saturated rings. The van der Waals surface area contributed by atoms with E-state index in [0.29, 0.717) is 33.4 Å². The molecule has 0 spiro atoms. The number of allylic oxidation sites excluding steroid dienone is 1. The number of urea groups is 1. The van der Waals surface area contributed by atoms with Gasteiger partial charge in [0.25, 0.3) is 0 Å². The van der Waals surface area contributed by atoms with Crippen molar-refractivity contribution in [2.24, 2.45) is 0 Å². The molecule has 3 rings (SSSR count). The number of ether oxygens (including phenoxy) is 3. The van der Waals surface area contributed by atoms with Crippen LogP contribution in [0, 0.1) is 0 Å². The number of hydrogen-bond acceptors (Lipinski definition) is 5. The summed E-state index contributed by atoms with van der Waals surface area (Å²) >= 11 is 6.48. The first-order chi connectivity index (χ1) is 12.9. The Morgan fingerprint density at radius 3 is 2.56 bits per heavy atom. The Kier molecular flexibility index (Phi) is 5.79. The van der Waals surface area contributed by atoms with Crippen LogP contribution < -0.4 is 20.1 Å². The molecule has 2 amide bonds. The third kappa shape index (κ3) is 3.98. The van der Waals surface area contributed by atoms with Gasteiger partial charge in [0, 0.05) is 5.70 Å². The molecule has 0 bridgehead atoms. The number of esters is 1. The van der Waals surface area contributed by atoms with Crippen LogP contribution in [0.2, 0.25) is 5.02 Å². The average molecular weight is 395 g/mol. The van der Waals surface area contributed by atoms with Crippen molar-refractivity contribution >= 4 is 23.6 Å². The number of halogens is 1. The van der Waals surface area contributed by atoms with Crippen molar-refractivity contribution in [1.29, 1.82) is 0 Å². The summed E-state index contributed by atoms with van der Waals surface area (Å²) in [5.41, 5.74) is 1.34. The standard InChI is InChI=1S/C19H23ClN2O5/c1-10-15(18(23)26-3)16(22-19(24)21-10)11-8-13(20)17(14(9-11)25-2)27-12-6-4-5-7-12/h8-9,12,16H,4-7H2,1-3H3,(H2,21,22,24). The van der Waals surface area contributed by atoms with Crippen molar-refractivity contribution < 1.29 is 23.8 Å². The molecule has 8 heteroatoms. The molecular weight excluding hydrogens is 372 g/mol. The van der Waals surface area contributed by atoms with Crippen LogP contribution in [0.3, 0.4) is 0 Å². The van der Waals surface area contributed by atoms with E-state index in [-0.39, 0.29) is 6.10 Å². The average Bonchev–Trinajstić information content (AvgIpc) is 3.15. The van der Waals surface area contributed by atoms with Crippen molar-refractivity contribution in [3.05, 3.63) is 34.0 Å². The molecule has 1 aliphatic carbocycles. The summed E-state index contributed by atoms with van der Waals surface area (Å²) in [7, 11) is 2.82. The number of nitrogens with one attached hydrogen (secondary N) is 2. The van der Waals surface area contributed by atoms with E-state index in [9.17, 15) is 9.59 Å². The smallest absolute Gasteiger partial charge is 0.337 e. The summed E-state index contributed by atoms with van der Waals surface area (Å²) in [5.74, 6) is 0.404. The van der Waals surface area contributed by atoms with Gasteiger partial charge in [-0.25, -0.2) is 9.59 Å². The van der Waals surface area contributed by atoms with Gasteiger partial charge >= 0.3 is 12.0 Å². The number of carbonyl (C=O) groups excluding carboxylic acids is 2. The van der Waals surface area contributed by atoms with Gasteiger partial charge in [-0.1, -0.05) is 11.6 Å². The SMILES string of the molecule is COC(=O)C1=C(C)NC(=O)NC1c1cc(Cl)c(OC2CCCC2)c(OC)c1. The molecule has 1 aliphatic heterocycles. The molecule has 1 heterocycles. The molecule has 1 saturated carbocycles. The summed E-state index contributed by atoms with van der Waals surface area (Å²) in [4.78, 5) is 24.2. The van der Waals surface area contributed by atoms with Crippen LogP contribution >= 0.6 is 11.6 Å². The normalized spacial score (nSPS) is 20.1. The van der Waals surface area contributed by atoms with E-state index in [2.05, 4.69) is 10.6 Å². The van der Waals surface area contributed by atoms with E-state index < -0.39 is 18.0 Å². The van der Waals surface area contributed by atoms with Gasteiger partial charge in [-0.3, -0.25) is 0 Å².